The minimum atomic E-state index is -1.16. The number of nitrogens with zero attached hydrogens (tertiary/aromatic N) is 1. The summed E-state index contributed by atoms with van der Waals surface area (Å²) in [6, 6.07) is 10.1. The van der Waals surface area contributed by atoms with Crippen molar-refractivity contribution in [2.75, 3.05) is 11.9 Å². The van der Waals surface area contributed by atoms with Crippen LogP contribution in [0, 0.1) is 23.0 Å². The normalized spacial score (nSPS) is 11.8. The molecule has 0 aliphatic carbocycles. The minimum Gasteiger partial charge on any atom is -0.386 e. The molecule has 21 heavy (non-hydrogen) atoms. The van der Waals surface area contributed by atoms with Crippen molar-refractivity contribution in [3.05, 3.63) is 63.6 Å². The van der Waals surface area contributed by atoms with Crippen LogP contribution in [-0.4, -0.2) is 11.7 Å². The van der Waals surface area contributed by atoms with E-state index in [0.29, 0.717) is 11.3 Å². The van der Waals surface area contributed by atoms with E-state index in [1.54, 1.807) is 18.2 Å². The fourth-order valence-corrected chi connectivity index (χ4v) is 2.21. The Morgan fingerprint density at radius 3 is 2.67 bits per heavy atom. The Balaban J connectivity index is 2.13. The Kier molecular flexibility index (Phi) is 4.89. The summed E-state index contributed by atoms with van der Waals surface area (Å²) in [6.45, 7) is -0.00626. The number of anilines is 1. The van der Waals surface area contributed by atoms with E-state index >= 15 is 0 Å². The zero-order valence-corrected chi connectivity index (χ0v) is 12.4. The van der Waals surface area contributed by atoms with E-state index in [1.165, 1.54) is 6.07 Å². The van der Waals surface area contributed by atoms with Gasteiger partial charge >= 0.3 is 0 Å². The molecule has 0 amide bonds. The highest BCUT2D eigenvalue weighted by atomic mass is 79.9. The lowest BCUT2D eigenvalue weighted by atomic mass is 10.1. The van der Waals surface area contributed by atoms with Crippen LogP contribution in [0.25, 0.3) is 0 Å². The van der Waals surface area contributed by atoms with Crippen LogP contribution in [0.5, 0.6) is 0 Å². The number of hydrogen-bond donors (Lipinski definition) is 2. The minimum absolute atomic E-state index is 0.00240. The maximum Gasteiger partial charge on any atom is 0.131 e. The molecular weight excluding hydrogens is 342 g/mol. The molecule has 108 valence electrons. The Labute approximate surface area is 129 Å². The topological polar surface area (TPSA) is 56.0 Å². The smallest absolute Gasteiger partial charge is 0.131 e. The maximum absolute atomic E-state index is 13.5. The number of aliphatic hydroxyl groups excluding tert-OH is 1. The van der Waals surface area contributed by atoms with E-state index in [4.69, 9.17) is 5.26 Å². The first kappa shape index (κ1) is 15.4. The summed E-state index contributed by atoms with van der Waals surface area (Å²) in [5, 5.41) is 21.8. The molecule has 3 nitrogen and oxygen atoms in total. The molecule has 0 saturated heterocycles. The highest BCUT2D eigenvalue weighted by Gasteiger charge is 2.14. The van der Waals surface area contributed by atoms with E-state index in [1.807, 2.05) is 6.07 Å². The van der Waals surface area contributed by atoms with Gasteiger partial charge in [0.1, 0.15) is 17.7 Å². The lowest BCUT2D eigenvalue weighted by Gasteiger charge is -2.15. The highest BCUT2D eigenvalue weighted by Crippen LogP contribution is 2.23. The molecule has 2 aromatic carbocycles. The van der Waals surface area contributed by atoms with Gasteiger partial charge in [0.25, 0.3) is 0 Å². The predicted molar refractivity (Wildman–Crippen MR) is 78.7 cm³/mol. The summed E-state index contributed by atoms with van der Waals surface area (Å²) in [5.41, 5.74) is 0.927. The number of benzene rings is 2. The van der Waals surface area contributed by atoms with Crippen molar-refractivity contribution in [1.29, 1.82) is 5.26 Å². The van der Waals surface area contributed by atoms with Crippen molar-refractivity contribution >= 4 is 21.6 Å². The van der Waals surface area contributed by atoms with Gasteiger partial charge in [0.15, 0.2) is 0 Å². The van der Waals surface area contributed by atoms with Crippen molar-refractivity contribution in [3.63, 3.8) is 0 Å². The van der Waals surface area contributed by atoms with Crippen LogP contribution >= 0.6 is 15.9 Å². The molecule has 6 heteroatoms. The Hall–Kier alpha value is -1.97. The summed E-state index contributed by atoms with van der Waals surface area (Å²) < 4.78 is 27.1. The number of nitrogens with one attached hydrogen (secondary N) is 1. The van der Waals surface area contributed by atoms with E-state index in [2.05, 4.69) is 21.2 Å². The first-order chi connectivity index (χ1) is 10.0. The van der Waals surface area contributed by atoms with Gasteiger partial charge in [0.05, 0.1) is 17.4 Å². The maximum atomic E-state index is 13.5. The van der Waals surface area contributed by atoms with E-state index in [0.717, 1.165) is 16.6 Å². The van der Waals surface area contributed by atoms with Crippen molar-refractivity contribution in [2.45, 2.75) is 6.10 Å². The fourth-order valence-electron chi connectivity index (χ4n) is 1.85. The van der Waals surface area contributed by atoms with Gasteiger partial charge in [-0.25, -0.2) is 8.78 Å². The van der Waals surface area contributed by atoms with Gasteiger partial charge in [0, 0.05) is 22.6 Å². The summed E-state index contributed by atoms with van der Waals surface area (Å²) in [7, 11) is 0. The molecule has 0 heterocycles. The van der Waals surface area contributed by atoms with Gasteiger partial charge in [-0.2, -0.15) is 5.26 Å². The first-order valence-electron chi connectivity index (χ1n) is 6.08. The van der Waals surface area contributed by atoms with Crippen molar-refractivity contribution < 1.29 is 13.9 Å². The molecular formula is C15H11BrF2N2O. The zero-order valence-electron chi connectivity index (χ0n) is 10.8. The second kappa shape index (κ2) is 6.66. The third-order valence-electron chi connectivity index (χ3n) is 2.91. The Morgan fingerprint density at radius 2 is 2.00 bits per heavy atom. The second-order valence-corrected chi connectivity index (χ2v) is 5.28. The molecule has 0 aromatic heterocycles. The molecule has 0 saturated carbocycles. The quantitative estimate of drug-likeness (QED) is 0.880. The van der Waals surface area contributed by atoms with Crippen LogP contribution in [0.15, 0.2) is 40.9 Å². The van der Waals surface area contributed by atoms with E-state index in [9.17, 15) is 13.9 Å². The zero-order chi connectivity index (χ0) is 15.4. The molecule has 0 spiro atoms. The standard InChI is InChI=1S/C15H11BrF2N2O/c16-10-2-1-9(7-19)14(5-10)20-8-15(21)12-4-3-11(17)6-13(12)18/h1-6,15,20-21H,8H2. The monoisotopic (exact) mass is 352 g/mol. The highest BCUT2D eigenvalue weighted by molar-refractivity contribution is 9.10. The molecule has 2 aromatic rings. The summed E-state index contributed by atoms with van der Waals surface area (Å²) in [6.07, 6.45) is -1.16. The number of rotatable bonds is 4. The van der Waals surface area contributed by atoms with Crippen molar-refractivity contribution in [1.82, 2.24) is 0 Å². The van der Waals surface area contributed by atoms with Gasteiger partial charge < -0.3 is 10.4 Å². The Bertz CT molecular complexity index is 701. The average molecular weight is 353 g/mol. The first-order valence-corrected chi connectivity index (χ1v) is 6.87. The number of halogens is 3. The van der Waals surface area contributed by atoms with Crippen molar-refractivity contribution in [3.8, 4) is 6.07 Å². The molecule has 1 unspecified atom stereocenters. The van der Waals surface area contributed by atoms with Crippen LogP contribution in [0.4, 0.5) is 14.5 Å². The van der Waals surface area contributed by atoms with E-state index in [-0.39, 0.29) is 12.1 Å². The number of nitriles is 1. The van der Waals surface area contributed by atoms with Crippen LogP contribution in [0.3, 0.4) is 0 Å². The summed E-state index contributed by atoms with van der Waals surface area (Å²) >= 11 is 3.28. The molecule has 0 radical (unpaired) electrons. The molecule has 2 N–H and O–H groups in total. The van der Waals surface area contributed by atoms with Crippen LogP contribution < -0.4 is 5.32 Å². The van der Waals surface area contributed by atoms with Crippen LogP contribution in [-0.2, 0) is 0 Å². The van der Waals surface area contributed by atoms with Gasteiger partial charge in [-0.05, 0) is 24.3 Å². The van der Waals surface area contributed by atoms with Gasteiger partial charge in [-0.1, -0.05) is 22.0 Å². The van der Waals surface area contributed by atoms with E-state index < -0.39 is 17.7 Å². The van der Waals surface area contributed by atoms with Crippen molar-refractivity contribution in [2.24, 2.45) is 0 Å². The third kappa shape index (κ3) is 3.78. The fraction of sp³-hybridized carbons (Fsp3) is 0.133. The Morgan fingerprint density at radius 1 is 1.24 bits per heavy atom. The molecule has 0 aliphatic heterocycles. The lowest BCUT2D eigenvalue weighted by Crippen LogP contribution is -2.14. The third-order valence-corrected chi connectivity index (χ3v) is 3.40. The molecule has 1 atom stereocenters. The van der Waals surface area contributed by atoms with Crippen LogP contribution in [0.1, 0.15) is 17.2 Å². The van der Waals surface area contributed by atoms with Gasteiger partial charge in [-0.15, -0.1) is 0 Å². The average Bonchev–Trinajstić information content (AvgIpc) is 2.45. The molecule has 0 bridgehead atoms. The predicted octanol–water partition coefficient (Wildman–Crippen LogP) is 3.74. The summed E-state index contributed by atoms with van der Waals surface area (Å²) in [5.74, 6) is -1.51. The van der Waals surface area contributed by atoms with Crippen LogP contribution in [0.2, 0.25) is 0 Å². The summed E-state index contributed by atoms with van der Waals surface area (Å²) in [4.78, 5) is 0. The van der Waals surface area contributed by atoms with Gasteiger partial charge in [-0.3, -0.25) is 0 Å². The van der Waals surface area contributed by atoms with Gasteiger partial charge in [0.2, 0.25) is 0 Å². The number of aliphatic hydroxyl groups is 1. The molecule has 0 fully saturated rings. The second-order valence-electron chi connectivity index (χ2n) is 4.36. The number of hydrogen-bond acceptors (Lipinski definition) is 3. The molecule has 0 aliphatic rings. The lowest BCUT2D eigenvalue weighted by molar-refractivity contribution is 0.186. The molecule has 2 rings (SSSR count). The largest absolute Gasteiger partial charge is 0.386 e. The SMILES string of the molecule is N#Cc1ccc(Br)cc1NCC(O)c1ccc(F)cc1F.